The molecule has 4 aromatic heterocycles. The van der Waals surface area contributed by atoms with Crippen molar-refractivity contribution in [2.24, 2.45) is 0 Å². The van der Waals surface area contributed by atoms with Crippen molar-refractivity contribution in [1.29, 1.82) is 0 Å². The van der Waals surface area contributed by atoms with Crippen LogP contribution in [0.1, 0.15) is 32.7 Å². The van der Waals surface area contributed by atoms with Crippen molar-refractivity contribution < 1.29 is 12.6 Å². The topological polar surface area (TPSA) is 150 Å². The van der Waals surface area contributed by atoms with E-state index in [1.807, 2.05) is 24.6 Å². The van der Waals surface area contributed by atoms with Crippen LogP contribution in [0, 0.1) is 0 Å². The van der Waals surface area contributed by atoms with Crippen LogP contribution >= 0.6 is 0 Å². The van der Waals surface area contributed by atoms with Gasteiger partial charge >= 0.3 is 0 Å². The maximum Gasteiger partial charge on any atom is 0.256 e. The molecule has 0 radical (unpaired) electrons. The van der Waals surface area contributed by atoms with Crippen molar-refractivity contribution in [1.82, 2.24) is 33.9 Å². The van der Waals surface area contributed by atoms with Crippen LogP contribution < -0.4 is 10.6 Å². The van der Waals surface area contributed by atoms with E-state index in [0.717, 1.165) is 15.0 Å². The maximum atomic E-state index is 12.4. The molecule has 0 spiro atoms. The van der Waals surface area contributed by atoms with E-state index in [9.17, 15) is 12.6 Å². The van der Waals surface area contributed by atoms with Gasteiger partial charge < -0.3 is 10.6 Å². The number of aromatic nitrogens is 7. The summed E-state index contributed by atoms with van der Waals surface area (Å²) in [5.74, 6) is 2.66. The third kappa shape index (κ3) is 4.95. The fourth-order valence-corrected chi connectivity index (χ4v) is 5.58. The molecule has 0 bridgehead atoms. The Bertz CT molecular complexity index is 1540. The van der Waals surface area contributed by atoms with E-state index in [4.69, 9.17) is 0 Å². The van der Waals surface area contributed by atoms with Crippen LogP contribution in [-0.2, 0) is 20.8 Å². The number of rotatable bonds is 10. The molecule has 0 saturated heterocycles. The predicted molar refractivity (Wildman–Crippen MR) is 139 cm³/mol. The average molecular weight is 530 g/mol. The molecule has 36 heavy (non-hydrogen) atoms. The summed E-state index contributed by atoms with van der Waals surface area (Å²) < 4.78 is 39.2. The van der Waals surface area contributed by atoms with Crippen LogP contribution in [0.5, 0.6) is 0 Å². The second kappa shape index (κ2) is 9.58. The van der Waals surface area contributed by atoms with Crippen molar-refractivity contribution in [3.05, 3.63) is 36.9 Å². The normalized spacial score (nSPS) is 14.9. The third-order valence-electron chi connectivity index (χ3n) is 5.70. The Morgan fingerprint density at radius 1 is 1.19 bits per heavy atom. The van der Waals surface area contributed by atoms with Crippen LogP contribution in [0.2, 0.25) is 0 Å². The minimum absolute atomic E-state index is 0.118. The molecule has 2 N–H and O–H groups in total. The minimum Gasteiger partial charge on any atom is -0.367 e. The van der Waals surface area contributed by atoms with Gasteiger partial charge in [-0.1, -0.05) is 0 Å². The highest BCUT2D eigenvalue weighted by atomic mass is 32.2. The number of nitrogens with zero attached hydrogens (tertiary/aromatic N) is 7. The fourth-order valence-electron chi connectivity index (χ4n) is 3.71. The standard InChI is InChI=1S/C22H27N9O3S2/c1-14(2)31-18-10-20(25-12-17(18)22(29-31)24-8-9-35(3)32)27-19-6-7-23-21(28-19)15-11-26-30(13-15)36(33,34)16-4-5-16/h6-7,10-14,16H,4-5,8-9H2,1-3H3,(H,24,29)(H,23,25,27,28). The van der Waals surface area contributed by atoms with Gasteiger partial charge in [0.15, 0.2) is 11.6 Å². The highest BCUT2D eigenvalue weighted by Gasteiger charge is 2.37. The number of nitrogens with one attached hydrogen (secondary N) is 2. The van der Waals surface area contributed by atoms with Gasteiger partial charge in [-0.05, 0) is 32.8 Å². The summed E-state index contributed by atoms with van der Waals surface area (Å²) in [5.41, 5.74) is 1.40. The molecular formula is C22H27N9O3S2. The number of pyridine rings is 1. The molecule has 1 atom stereocenters. The van der Waals surface area contributed by atoms with E-state index in [-0.39, 0.29) is 11.3 Å². The molecule has 1 unspecified atom stereocenters. The van der Waals surface area contributed by atoms with Crippen LogP contribution in [-0.4, -0.2) is 70.3 Å². The van der Waals surface area contributed by atoms with Crippen LogP contribution in [0.25, 0.3) is 22.3 Å². The first-order valence-electron chi connectivity index (χ1n) is 11.5. The van der Waals surface area contributed by atoms with Gasteiger partial charge in [0.05, 0.1) is 34.1 Å². The highest BCUT2D eigenvalue weighted by molar-refractivity contribution is 7.90. The Hall–Kier alpha value is -3.39. The number of hydrogen-bond acceptors (Lipinski definition) is 10. The molecule has 1 aliphatic carbocycles. The summed E-state index contributed by atoms with van der Waals surface area (Å²) in [6, 6.07) is 3.72. The summed E-state index contributed by atoms with van der Waals surface area (Å²) in [6.45, 7) is 4.64. The lowest BCUT2D eigenvalue weighted by Gasteiger charge is -2.09. The van der Waals surface area contributed by atoms with Gasteiger partial charge in [-0.3, -0.25) is 8.89 Å². The minimum atomic E-state index is -3.46. The number of anilines is 3. The Balaban J connectivity index is 1.39. The molecule has 0 aromatic carbocycles. The van der Waals surface area contributed by atoms with Crippen LogP contribution in [0.4, 0.5) is 17.5 Å². The van der Waals surface area contributed by atoms with E-state index in [2.05, 4.69) is 35.8 Å². The Labute approximate surface area is 211 Å². The van der Waals surface area contributed by atoms with Crippen molar-refractivity contribution in [2.45, 2.75) is 38.0 Å². The molecule has 1 fully saturated rings. The van der Waals surface area contributed by atoms with Gasteiger partial charge in [-0.2, -0.15) is 14.3 Å². The van der Waals surface area contributed by atoms with Gasteiger partial charge in [0.2, 0.25) is 0 Å². The molecule has 0 aliphatic heterocycles. The second-order valence-corrected chi connectivity index (χ2v) is 12.5. The largest absolute Gasteiger partial charge is 0.367 e. The second-order valence-electron chi connectivity index (χ2n) is 8.91. The van der Waals surface area contributed by atoms with Crippen molar-refractivity contribution in [2.75, 3.05) is 29.2 Å². The molecule has 14 heteroatoms. The van der Waals surface area contributed by atoms with Crippen molar-refractivity contribution in [3.8, 4) is 11.4 Å². The van der Waals surface area contributed by atoms with E-state index < -0.39 is 20.8 Å². The zero-order valence-electron chi connectivity index (χ0n) is 20.1. The zero-order chi connectivity index (χ0) is 25.4. The molecule has 0 amide bonds. The van der Waals surface area contributed by atoms with Gasteiger partial charge in [-0.25, -0.2) is 23.4 Å². The number of fused-ring (bicyclic) bond motifs is 1. The molecular weight excluding hydrogens is 502 g/mol. The van der Waals surface area contributed by atoms with E-state index in [1.165, 1.54) is 12.4 Å². The molecule has 12 nitrogen and oxygen atoms in total. The summed E-state index contributed by atoms with van der Waals surface area (Å²) in [7, 11) is -4.35. The molecule has 1 saturated carbocycles. The first kappa shape index (κ1) is 24.3. The van der Waals surface area contributed by atoms with E-state index in [0.29, 0.717) is 54.0 Å². The molecule has 190 valence electrons. The molecule has 1 aliphatic rings. The third-order valence-corrected chi connectivity index (χ3v) is 8.51. The summed E-state index contributed by atoms with van der Waals surface area (Å²) >= 11 is 0. The Morgan fingerprint density at radius 2 is 2.00 bits per heavy atom. The van der Waals surface area contributed by atoms with Crippen LogP contribution in [0.15, 0.2) is 36.9 Å². The summed E-state index contributed by atoms with van der Waals surface area (Å²) in [6.07, 6.45) is 9.23. The highest BCUT2D eigenvalue weighted by Crippen LogP contribution is 2.31. The SMILES string of the molecule is CC(C)n1nc(NCCS(C)=O)c2cnc(Nc3ccnc(-c4cnn(S(=O)(=O)C5CC5)c4)n3)cc21. The molecule has 4 heterocycles. The molecule has 5 rings (SSSR count). The maximum absolute atomic E-state index is 12.4. The van der Waals surface area contributed by atoms with Gasteiger partial charge in [0, 0.05) is 53.9 Å². The summed E-state index contributed by atoms with van der Waals surface area (Å²) in [4.78, 5) is 13.3. The predicted octanol–water partition coefficient (Wildman–Crippen LogP) is 2.54. The molecule has 4 aromatic rings. The van der Waals surface area contributed by atoms with E-state index in [1.54, 1.807) is 24.7 Å². The van der Waals surface area contributed by atoms with Crippen molar-refractivity contribution in [3.63, 3.8) is 0 Å². The van der Waals surface area contributed by atoms with Gasteiger partial charge in [0.25, 0.3) is 10.0 Å². The van der Waals surface area contributed by atoms with Crippen molar-refractivity contribution >= 4 is 49.2 Å². The van der Waals surface area contributed by atoms with Gasteiger partial charge in [0.1, 0.15) is 11.6 Å². The lowest BCUT2D eigenvalue weighted by molar-refractivity contribution is 0.552. The lowest BCUT2D eigenvalue weighted by Crippen LogP contribution is -2.17. The van der Waals surface area contributed by atoms with Crippen LogP contribution in [0.3, 0.4) is 0 Å². The Kier molecular flexibility index (Phi) is 6.47. The summed E-state index contributed by atoms with van der Waals surface area (Å²) in [5, 5.41) is 15.7. The van der Waals surface area contributed by atoms with E-state index >= 15 is 0 Å². The smallest absolute Gasteiger partial charge is 0.256 e. The first-order chi connectivity index (χ1) is 17.2. The fraction of sp³-hybridized carbons (Fsp3) is 0.409. The van der Waals surface area contributed by atoms with Gasteiger partial charge in [-0.15, -0.1) is 0 Å². The Morgan fingerprint density at radius 3 is 2.72 bits per heavy atom. The monoisotopic (exact) mass is 529 g/mol. The zero-order valence-corrected chi connectivity index (χ0v) is 21.8. The quantitative estimate of drug-likeness (QED) is 0.314. The first-order valence-corrected chi connectivity index (χ1v) is 14.8. The lowest BCUT2D eigenvalue weighted by atomic mass is 10.3. The number of hydrogen-bond donors (Lipinski definition) is 2. The average Bonchev–Trinajstić information content (AvgIpc) is 3.47.